The summed E-state index contributed by atoms with van der Waals surface area (Å²) < 4.78 is 35.8. The number of carbonyl (C=O) groups is 1. The number of thioether (sulfide) groups is 1. The summed E-state index contributed by atoms with van der Waals surface area (Å²) in [5.74, 6) is -1.26. The zero-order chi connectivity index (χ0) is 14.6. The highest BCUT2D eigenvalue weighted by molar-refractivity contribution is 8.00. The molecule has 1 heterocycles. The first-order chi connectivity index (χ1) is 8.70. The number of rotatable bonds is 5. The van der Waals surface area contributed by atoms with Crippen LogP contribution in [0.15, 0.2) is 6.07 Å². The molecule has 1 aromatic rings. The number of halogens is 3. The van der Waals surface area contributed by atoms with E-state index in [9.17, 15) is 18.0 Å². The second-order valence-corrected chi connectivity index (χ2v) is 4.99. The molecule has 0 aliphatic rings. The second kappa shape index (κ2) is 6.14. The Morgan fingerprint density at radius 1 is 1.47 bits per heavy atom. The molecule has 1 aromatic heterocycles. The predicted octanol–water partition coefficient (Wildman–Crippen LogP) is 3.06. The molecule has 0 amide bonds. The SMILES string of the molecule is Cc1cc(C)c(C(=O)O)c(NCCSC(F)(F)F)n1. The molecule has 2 N–H and O–H groups in total. The van der Waals surface area contributed by atoms with Crippen LogP contribution in [0.25, 0.3) is 0 Å². The fourth-order valence-electron chi connectivity index (χ4n) is 1.57. The number of pyridine rings is 1. The third kappa shape index (κ3) is 4.98. The quantitative estimate of drug-likeness (QED) is 0.817. The zero-order valence-corrected chi connectivity index (χ0v) is 11.2. The van der Waals surface area contributed by atoms with Crippen LogP contribution in [-0.4, -0.2) is 33.9 Å². The lowest BCUT2D eigenvalue weighted by atomic mass is 10.1. The summed E-state index contributed by atoms with van der Waals surface area (Å²) >= 11 is -0.162. The van der Waals surface area contributed by atoms with E-state index in [1.54, 1.807) is 19.9 Å². The number of carboxylic acids is 1. The number of alkyl halides is 3. The van der Waals surface area contributed by atoms with Crippen LogP contribution in [0.1, 0.15) is 21.6 Å². The van der Waals surface area contributed by atoms with Gasteiger partial charge in [0.25, 0.3) is 0 Å². The van der Waals surface area contributed by atoms with Crippen molar-refractivity contribution in [3.63, 3.8) is 0 Å². The molecule has 1 rings (SSSR count). The molecule has 0 fully saturated rings. The number of carboxylic acid groups (broad SMARTS) is 1. The van der Waals surface area contributed by atoms with E-state index in [0.29, 0.717) is 11.3 Å². The van der Waals surface area contributed by atoms with Gasteiger partial charge >= 0.3 is 11.5 Å². The number of aromatic nitrogens is 1. The van der Waals surface area contributed by atoms with Gasteiger partial charge in [0.05, 0.1) is 0 Å². The lowest BCUT2D eigenvalue weighted by molar-refractivity contribution is -0.0327. The molecule has 19 heavy (non-hydrogen) atoms. The summed E-state index contributed by atoms with van der Waals surface area (Å²) in [6.07, 6.45) is 0. The van der Waals surface area contributed by atoms with Crippen molar-refractivity contribution >= 4 is 23.5 Å². The molecule has 0 unspecified atom stereocenters. The van der Waals surface area contributed by atoms with E-state index >= 15 is 0 Å². The van der Waals surface area contributed by atoms with Gasteiger partial charge in [-0.15, -0.1) is 0 Å². The molecule has 4 nitrogen and oxygen atoms in total. The van der Waals surface area contributed by atoms with Gasteiger partial charge in [0.15, 0.2) is 0 Å². The first-order valence-corrected chi connectivity index (χ1v) is 6.35. The Balaban J connectivity index is 2.75. The van der Waals surface area contributed by atoms with Crippen molar-refractivity contribution < 1.29 is 23.1 Å². The van der Waals surface area contributed by atoms with E-state index in [1.165, 1.54) is 0 Å². The number of hydrogen-bond donors (Lipinski definition) is 2. The number of anilines is 1. The molecule has 0 bridgehead atoms. The topological polar surface area (TPSA) is 62.2 Å². The number of nitrogens with one attached hydrogen (secondary N) is 1. The lowest BCUT2D eigenvalue weighted by Crippen LogP contribution is -2.14. The van der Waals surface area contributed by atoms with Crippen LogP contribution in [0.3, 0.4) is 0 Å². The summed E-state index contributed by atoms with van der Waals surface area (Å²) in [4.78, 5) is 15.1. The smallest absolute Gasteiger partial charge is 0.441 e. The third-order valence-electron chi connectivity index (χ3n) is 2.22. The van der Waals surface area contributed by atoms with Crippen molar-refractivity contribution in [2.24, 2.45) is 0 Å². The standard InChI is InChI=1S/C11H13F3N2O2S/c1-6-5-7(2)16-9(8(6)10(17)18)15-3-4-19-11(12,13)14/h5H,3-4H2,1-2H3,(H,15,16)(H,17,18). The van der Waals surface area contributed by atoms with Gasteiger partial charge in [0.2, 0.25) is 0 Å². The molecule has 8 heteroatoms. The van der Waals surface area contributed by atoms with Crippen molar-refractivity contribution in [3.8, 4) is 0 Å². The van der Waals surface area contributed by atoms with Crippen molar-refractivity contribution in [1.82, 2.24) is 4.98 Å². The van der Waals surface area contributed by atoms with Crippen LogP contribution in [0.2, 0.25) is 0 Å². The molecule has 0 saturated heterocycles. The Labute approximate surface area is 112 Å². The molecule has 0 atom stereocenters. The van der Waals surface area contributed by atoms with Gasteiger partial charge in [-0.1, -0.05) is 0 Å². The Morgan fingerprint density at radius 2 is 2.11 bits per heavy atom. The number of nitrogens with zero attached hydrogens (tertiary/aromatic N) is 1. The van der Waals surface area contributed by atoms with E-state index in [2.05, 4.69) is 10.3 Å². The minimum atomic E-state index is -4.28. The molecule has 0 radical (unpaired) electrons. The Kier molecular flexibility index (Phi) is 5.04. The molecule has 0 aliphatic heterocycles. The maximum atomic E-state index is 11.9. The van der Waals surface area contributed by atoms with E-state index in [1.807, 2.05) is 0 Å². The summed E-state index contributed by atoms with van der Waals surface area (Å²) in [5, 5.41) is 11.7. The molecular weight excluding hydrogens is 281 g/mol. The van der Waals surface area contributed by atoms with Crippen LogP contribution in [0.4, 0.5) is 19.0 Å². The molecule has 0 spiro atoms. The number of aromatic carboxylic acids is 1. The highest BCUT2D eigenvalue weighted by Crippen LogP contribution is 2.29. The van der Waals surface area contributed by atoms with Gasteiger partial charge < -0.3 is 10.4 Å². The first-order valence-electron chi connectivity index (χ1n) is 5.37. The number of hydrogen-bond acceptors (Lipinski definition) is 4. The van der Waals surface area contributed by atoms with Gasteiger partial charge in [-0.05, 0) is 37.2 Å². The average molecular weight is 294 g/mol. The lowest BCUT2D eigenvalue weighted by Gasteiger charge is -2.12. The number of aryl methyl sites for hydroxylation is 2. The second-order valence-electron chi connectivity index (χ2n) is 3.83. The normalized spacial score (nSPS) is 11.4. The zero-order valence-electron chi connectivity index (χ0n) is 10.3. The van der Waals surface area contributed by atoms with Gasteiger partial charge in [-0.3, -0.25) is 0 Å². The Hall–Kier alpha value is -1.44. The van der Waals surface area contributed by atoms with E-state index < -0.39 is 11.5 Å². The summed E-state index contributed by atoms with van der Waals surface area (Å²) in [6.45, 7) is 3.29. The average Bonchev–Trinajstić information content (AvgIpc) is 2.21. The predicted molar refractivity (Wildman–Crippen MR) is 67.7 cm³/mol. The van der Waals surface area contributed by atoms with Crippen LogP contribution in [0.5, 0.6) is 0 Å². The van der Waals surface area contributed by atoms with Crippen LogP contribution in [-0.2, 0) is 0 Å². The van der Waals surface area contributed by atoms with Gasteiger partial charge in [-0.25, -0.2) is 9.78 Å². The van der Waals surface area contributed by atoms with Crippen LogP contribution >= 0.6 is 11.8 Å². The van der Waals surface area contributed by atoms with E-state index in [-0.39, 0.29) is 35.4 Å². The summed E-state index contributed by atoms with van der Waals surface area (Å²) in [5.41, 5.74) is -3.17. The maximum absolute atomic E-state index is 11.9. The van der Waals surface area contributed by atoms with Crippen LogP contribution in [0, 0.1) is 13.8 Å². The highest BCUT2D eigenvalue weighted by Gasteiger charge is 2.27. The van der Waals surface area contributed by atoms with Crippen molar-refractivity contribution in [1.29, 1.82) is 0 Å². The highest BCUT2D eigenvalue weighted by atomic mass is 32.2. The first kappa shape index (κ1) is 15.6. The largest absolute Gasteiger partial charge is 0.478 e. The van der Waals surface area contributed by atoms with Gasteiger partial charge in [-0.2, -0.15) is 13.2 Å². The molecule has 0 saturated carbocycles. The minimum absolute atomic E-state index is 0.0115. The van der Waals surface area contributed by atoms with Crippen molar-refractivity contribution in [3.05, 3.63) is 22.9 Å². The minimum Gasteiger partial charge on any atom is -0.478 e. The van der Waals surface area contributed by atoms with E-state index in [4.69, 9.17) is 5.11 Å². The fraction of sp³-hybridized carbons (Fsp3) is 0.455. The van der Waals surface area contributed by atoms with Crippen molar-refractivity contribution in [2.75, 3.05) is 17.6 Å². The van der Waals surface area contributed by atoms with Gasteiger partial charge in [0, 0.05) is 18.0 Å². The fourth-order valence-corrected chi connectivity index (χ4v) is 2.01. The molecular formula is C11H13F3N2O2S. The van der Waals surface area contributed by atoms with Crippen molar-refractivity contribution in [2.45, 2.75) is 19.4 Å². The third-order valence-corrected chi connectivity index (χ3v) is 2.95. The Bertz CT molecular complexity index is 478. The molecule has 0 aliphatic carbocycles. The summed E-state index contributed by atoms with van der Waals surface area (Å²) in [6, 6.07) is 1.61. The summed E-state index contributed by atoms with van der Waals surface area (Å²) in [7, 11) is 0. The van der Waals surface area contributed by atoms with E-state index in [0.717, 1.165) is 0 Å². The molecule has 106 valence electrons. The monoisotopic (exact) mass is 294 g/mol. The van der Waals surface area contributed by atoms with Gasteiger partial charge in [0.1, 0.15) is 11.4 Å². The maximum Gasteiger partial charge on any atom is 0.441 e. The Morgan fingerprint density at radius 3 is 2.63 bits per heavy atom. The molecule has 0 aromatic carbocycles. The van der Waals surface area contributed by atoms with Crippen LogP contribution < -0.4 is 5.32 Å².